The number of hydrogen-bond acceptors (Lipinski definition) is 3. The highest BCUT2D eigenvalue weighted by Gasteiger charge is 2.28. The Balaban J connectivity index is 2.07. The highest BCUT2D eigenvalue weighted by atomic mass is 16.5. The van der Waals surface area contributed by atoms with Gasteiger partial charge in [-0.2, -0.15) is 0 Å². The molecule has 0 aliphatic carbocycles. The summed E-state index contributed by atoms with van der Waals surface area (Å²) in [6.07, 6.45) is 0.945. The molecule has 0 spiro atoms. The molecule has 2 heterocycles. The van der Waals surface area contributed by atoms with Crippen LogP contribution in [0.1, 0.15) is 18.9 Å². The molecule has 4 nitrogen and oxygen atoms in total. The van der Waals surface area contributed by atoms with Gasteiger partial charge in [0.25, 0.3) is 5.91 Å². The Morgan fingerprint density at radius 2 is 2.28 bits per heavy atom. The van der Waals surface area contributed by atoms with E-state index < -0.39 is 0 Å². The Kier molecular flexibility index (Phi) is 2.80. The quantitative estimate of drug-likeness (QED) is 0.780. The second-order valence-electron chi connectivity index (χ2n) is 4.50. The predicted octanol–water partition coefficient (Wildman–Crippen LogP) is 1.78. The molecule has 2 aliphatic rings. The molecule has 1 fully saturated rings. The highest BCUT2D eigenvalue weighted by molar-refractivity contribution is 6.32. The molecule has 1 aromatic rings. The third-order valence-corrected chi connectivity index (χ3v) is 3.34. The van der Waals surface area contributed by atoms with Gasteiger partial charge in [0.05, 0.1) is 6.61 Å². The third kappa shape index (κ3) is 1.78. The maximum absolute atomic E-state index is 12.0. The van der Waals surface area contributed by atoms with Crippen LogP contribution in [0, 0.1) is 0 Å². The van der Waals surface area contributed by atoms with Crippen LogP contribution >= 0.6 is 0 Å². The minimum atomic E-state index is 0.0114. The van der Waals surface area contributed by atoms with Crippen molar-refractivity contribution in [2.75, 3.05) is 25.0 Å². The smallest absolute Gasteiger partial charge is 0.256 e. The number of fused-ring (bicyclic) bond motifs is 1. The monoisotopic (exact) mass is 244 g/mol. The zero-order valence-corrected chi connectivity index (χ0v) is 10.4. The van der Waals surface area contributed by atoms with Gasteiger partial charge < -0.3 is 15.4 Å². The van der Waals surface area contributed by atoms with Crippen molar-refractivity contribution < 1.29 is 9.53 Å². The van der Waals surface area contributed by atoms with Gasteiger partial charge in [-0.3, -0.25) is 4.79 Å². The van der Waals surface area contributed by atoms with Gasteiger partial charge in [-0.15, -0.1) is 0 Å². The summed E-state index contributed by atoms with van der Waals surface area (Å²) >= 11 is 0. The number of carbonyl (C=O) groups excluding carboxylic acids is 1. The molecule has 0 radical (unpaired) electrons. The number of ether oxygens (including phenoxy) is 1. The molecule has 0 saturated carbocycles. The number of hydrogen-bond donors (Lipinski definition) is 2. The highest BCUT2D eigenvalue weighted by Crippen LogP contribution is 2.37. The largest absolute Gasteiger partial charge is 0.494 e. The number of amides is 1. The summed E-state index contributed by atoms with van der Waals surface area (Å²) in [5, 5.41) is 6.18. The molecule has 2 N–H and O–H groups in total. The number of nitrogens with one attached hydrogen (secondary N) is 2. The first-order chi connectivity index (χ1) is 8.79. The van der Waals surface area contributed by atoms with E-state index in [1.165, 1.54) is 5.57 Å². The fourth-order valence-corrected chi connectivity index (χ4v) is 2.53. The maximum atomic E-state index is 12.0. The van der Waals surface area contributed by atoms with Gasteiger partial charge in [-0.05, 0) is 43.7 Å². The van der Waals surface area contributed by atoms with E-state index >= 15 is 0 Å². The number of carbonyl (C=O) groups is 1. The third-order valence-electron chi connectivity index (χ3n) is 3.34. The van der Waals surface area contributed by atoms with E-state index in [0.717, 1.165) is 42.1 Å². The lowest BCUT2D eigenvalue weighted by Crippen LogP contribution is -2.08. The Bertz CT molecular complexity index is 527. The molecule has 3 rings (SSSR count). The molecule has 1 saturated heterocycles. The van der Waals surface area contributed by atoms with E-state index in [1.807, 2.05) is 25.1 Å². The van der Waals surface area contributed by atoms with Gasteiger partial charge in [-0.25, -0.2) is 0 Å². The Hall–Kier alpha value is -1.81. The lowest BCUT2D eigenvalue weighted by Gasteiger charge is -2.06. The standard InChI is InChI=1S/C14H16N2O2/c1-2-18-10-3-4-12-11(7-10)13(14(17)16-12)9-5-6-15-8-9/h3-4,7,15H,2,5-6,8H2,1H3,(H,16,17)/b13-9-. The van der Waals surface area contributed by atoms with Gasteiger partial charge in [-0.1, -0.05) is 0 Å². The van der Waals surface area contributed by atoms with Crippen molar-refractivity contribution in [1.29, 1.82) is 0 Å². The van der Waals surface area contributed by atoms with E-state index in [-0.39, 0.29) is 5.91 Å². The second-order valence-corrected chi connectivity index (χ2v) is 4.50. The van der Waals surface area contributed by atoms with Gasteiger partial charge in [0.15, 0.2) is 0 Å². The van der Waals surface area contributed by atoms with E-state index in [2.05, 4.69) is 10.6 Å². The summed E-state index contributed by atoms with van der Waals surface area (Å²) in [5.41, 5.74) is 3.89. The summed E-state index contributed by atoms with van der Waals surface area (Å²) in [5.74, 6) is 0.828. The molecule has 2 aliphatic heterocycles. The molecule has 0 unspecified atom stereocenters. The zero-order chi connectivity index (χ0) is 12.5. The predicted molar refractivity (Wildman–Crippen MR) is 70.6 cm³/mol. The van der Waals surface area contributed by atoms with Gasteiger partial charge in [0.2, 0.25) is 0 Å². The normalized spacial score (nSPS) is 21.9. The summed E-state index contributed by atoms with van der Waals surface area (Å²) in [6.45, 7) is 4.35. The van der Waals surface area contributed by atoms with Gasteiger partial charge in [0.1, 0.15) is 5.75 Å². The molecule has 0 aromatic heterocycles. The maximum Gasteiger partial charge on any atom is 0.256 e. The Morgan fingerprint density at radius 1 is 1.39 bits per heavy atom. The van der Waals surface area contributed by atoms with Gasteiger partial charge >= 0.3 is 0 Å². The summed E-state index contributed by atoms with van der Waals surface area (Å²) < 4.78 is 5.50. The topological polar surface area (TPSA) is 50.4 Å². The second kappa shape index (κ2) is 4.46. The molecule has 0 atom stereocenters. The van der Waals surface area contributed by atoms with Crippen LogP contribution < -0.4 is 15.4 Å². The van der Waals surface area contributed by atoms with E-state index in [0.29, 0.717) is 6.61 Å². The van der Waals surface area contributed by atoms with Crippen LogP contribution in [0.25, 0.3) is 5.57 Å². The molecule has 0 bridgehead atoms. The van der Waals surface area contributed by atoms with Crippen LogP contribution in [-0.4, -0.2) is 25.6 Å². The van der Waals surface area contributed by atoms with Crippen LogP contribution in [0.4, 0.5) is 5.69 Å². The van der Waals surface area contributed by atoms with Crippen molar-refractivity contribution in [1.82, 2.24) is 5.32 Å². The van der Waals surface area contributed by atoms with Crippen molar-refractivity contribution in [3.8, 4) is 5.75 Å². The summed E-state index contributed by atoms with van der Waals surface area (Å²) in [7, 11) is 0. The first-order valence-corrected chi connectivity index (χ1v) is 6.31. The molecular formula is C14H16N2O2. The fraction of sp³-hybridized carbons (Fsp3) is 0.357. The van der Waals surface area contributed by atoms with Crippen molar-refractivity contribution in [3.63, 3.8) is 0 Å². The summed E-state index contributed by atoms with van der Waals surface area (Å²) in [4.78, 5) is 12.0. The van der Waals surface area contributed by atoms with Crippen LogP contribution in [-0.2, 0) is 4.79 Å². The van der Waals surface area contributed by atoms with Crippen LogP contribution in [0.15, 0.2) is 23.8 Å². The van der Waals surface area contributed by atoms with Crippen molar-refractivity contribution in [3.05, 3.63) is 29.3 Å². The van der Waals surface area contributed by atoms with Crippen molar-refractivity contribution in [2.45, 2.75) is 13.3 Å². The number of benzene rings is 1. The van der Waals surface area contributed by atoms with E-state index in [4.69, 9.17) is 4.74 Å². The zero-order valence-electron chi connectivity index (χ0n) is 10.4. The minimum absolute atomic E-state index is 0.0114. The van der Waals surface area contributed by atoms with Gasteiger partial charge in [0, 0.05) is 23.4 Å². The Labute approximate surface area is 106 Å². The molecule has 18 heavy (non-hydrogen) atoms. The molecule has 4 heteroatoms. The molecule has 94 valence electrons. The minimum Gasteiger partial charge on any atom is -0.494 e. The first kappa shape index (κ1) is 11.3. The van der Waals surface area contributed by atoms with E-state index in [9.17, 15) is 4.79 Å². The number of anilines is 1. The molecular weight excluding hydrogens is 228 g/mol. The molecule has 1 amide bonds. The number of rotatable bonds is 2. The average Bonchev–Trinajstić information content (AvgIpc) is 2.95. The lowest BCUT2D eigenvalue weighted by atomic mass is 10.0. The average molecular weight is 244 g/mol. The summed E-state index contributed by atoms with van der Waals surface area (Å²) in [6, 6.07) is 5.76. The van der Waals surface area contributed by atoms with Crippen molar-refractivity contribution in [2.24, 2.45) is 0 Å². The molecule has 1 aromatic carbocycles. The first-order valence-electron chi connectivity index (χ1n) is 6.31. The van der Waals surface area contributed by atoms with Crippen LogP contribution in [0.5, 0.6) is 5.75 Å². The van der Waals surface area contributed by atoms with Crippen LogP contribution in [0.2, 0.25) is 0 Å². The SMILES string of the molecule is CCOc1ccc2c(c1)/C(=C1\CCNC1)C(=O)N2. The Morgan fingerprint density at radius 3 is 3.00 bits per heavy atom. The van der Waals surface area contributed by atoms with Crippen molar-refractivity contribution >= 4 is 17.2 Å². The van der Waals surface area contributed by atoms with Crippen LogP contribution in [0.3, 0.4) is 0 Å². The lowest BCUT2D eigenvalue weighted by molar-refractivity contribution is -0.110. The fourth-order valence-electron chi connectivity index (χ4n) is 2.53. The van der Waals surface area contributed by atoms with E-state index in [1.54, 1.807) is 0 Å².